The number of hydrogen-bond donors (Lipinski definition) is 0. The molecule has 0 bridgehead atoms. The first kappa shape index (κ1) is 18.5. The lowest BCUT2D eigenvalue weighted by Gasteiger charge is -2.29. The topological polar surface area (TPSA) is 9.23 Å². The van der Waals surface area contributed by atoms with E-state index in [1.54, 1.807) is 0 Å². The second-order valence-electron chi connectivity index (χ2n) is 8.04. The first-order valence-corrected chi connectivity index (χ1v) is 9.81. The molecule has 1 aliphatic heterocycles. The van der Waals surface area contributed by atoms with Crippen molar-refractivity contribution in [3.8, 4) is 0 Å². The third-order valence-corrected chi connectivity index (χ3v) is 5.33. The molecule has 3 unspecified atom stereocenters. The lowest BCUT2D eigenvalue weighted by Crippen LogP contribution is -2.20. The summed E-state index contributed by atoms with van der Waals surface area (Å²) in [6.07, 6.45) is 11.2. The van der Waals surface area contributed by atoms with Gasteiger partial charge in [-0.05, 0) is 42.6 Å². The Kier molecular flexibility index (Phi) is 8.16. The Morgan fingerprint density at radius 3 is 2.35 bits per heavy atom. The zero-order chi connectivity index (χ0) is 16.5. The van der Waals surface area contributed by atoms with Gasteiger partial charge in [0.25, 0.3) is 0 Å². The quantitative estimate of drug-likeness (QED) is 0.487. The summed E-state index contributed by atoms with van der Waals surface area (Å²) in [6, 6.07) is 10.7. The predicted octanol–water partition coefficient (Wildman–Crippen LogP) is 6.79. The molecule has 23 heavy (non-hydrogen) atoms. The number of benzene rings is 1. The van der Waals surface area contributed by atoms with E-state index in [0.717, 1.165) is 24.4 Å². The second kappa shape index (κ2) is 10.1. The third-order valence-electron chi connectivity index (χ3n) is 5.33. The Labute approximate surface area is 143 Å². The highest BCUT2D eigenvalue weighted by atomic mass is 16.5. The first-order valence-electron chi connectivity index (χ1n) is 9.81. The van der Waals surface area contributed by atoms with Crippen molar-refractivity contribution in [2.24, 2.45) is 17.8 Å². The Bertz CT molecular complexity index is 403. The van der Waals surface area contributed by atoms with Crippen molar-refractivity contribution < 1.29 is 4.74 Å². The fraction of sp³-hybridized carbons (Fsp3) is 0.727. The van der Waals surface area contributed by atoms with Crippen molar-refractivity contribution in [3.63, 3.8) is 0 Å². The summed E-state index contributed by atoms with van der Waals surface area (Å²) in [5.41, 5.74) is 1.35. The average molecular weight is 317 g/mol. The molecule has 0 aliphatic carbocycles. The maximum atomic E-state index is 6.13. The van der Waals surface area contributed by atoms with E-state index in [1.807, 2.05) is 0 Å². The van der Waals surface area contributed by atoms with Crippen LogP contribution in [0, 0.1) is 17.8 Å². The van der Waals surface area contributed by atoms with Crippen LogP contribution in [-0.2, 0) is 4.74 Å². The Hall–Kier alpha value is -0.820. The van der Waals surface area contributed by atoms with Crippen LogP contribution in [0.4, 0.5) is 0 Å². The van der Waals surface area contributed by atoms with Crippen LogP contribution in [0.1, 0.15) is 83.8 Å². The van der Waals surface area contributed by atoms with E-state index in [-0.39, 0.29) is 0 Å². The highest BCUT2D eigenvalue weighted by Gasteiger charge is 2.22. The lowest BCUT2D eigenvalue weighted by molar-refractivity contribution is -0.0200. The van der Waals surface area contributed by atoms with Crippen molar-refractivity contribution in [2.75, 3.05) is 6.61 Å². The fourth-order valence-corrected chi connectivity index (χ4v) is 3.74. The van der Waals surface area contributed by atoms with E-state index in [2.05, 4.69) is 51.1 Å². The van der Waals surface area contributed by atoms with Crippen LogP contribution in [0.25, 0.3) is 0 Å². The molecule has 130 valence electrons. The van der Waals surface area contributed by atoms with Gasteiger partial charge in [0.1, 0.15) is 0 Å². The van der Waals surface area contributed by atoms with Crippen LogP contribution in [0.3, 0.4) is 0 Å². The summed E-state index contributed by atoms with van der Waals surface area (Å²) in [7, 11) is 0. The molecule has 1 fully saturated rings. The lowest BCUT2D eigenvalue weighted by atomic mass is 9.89. The van der Waals surface area contributed by atoms with Crippen molar-refractivity contribution in [1.29, 1.82) is 0 Å². The molecule has 1 heterocycles. The van der Waals surface area contributed by atoms with Crippen molar-refractivity contribution in [3.05, 3.63) is 35.9 Å². The van der Waals surface area contributed by atoms with Gasteiger partial charge < -0.3 is 4.74 Å². The minimum absolute atomic E-state index is 0.336. The molecular formula is C22H36O. The van der Waals surface area contributed by atoms with Gasteiger partial charge in [-0.3, -0.25) is 0 Å². The summed E-state index contributed by atoms with van der Waals surface area (Å²) in [5.74, 6) is 2.55. The molecule has 0 aromatic heterocycles. The largest absolute Gasteiger partial charge is 0.373 e. The van der Waals surface area contributed by atoms with Gasteiger partial charge in [0.05, 0.1) is 12.7 Å². The van der Waals surface area contributed by atoms with Crippen molar-refractivity contribution in [1.82, 2.24) is 0 Å². The molecule has 0 N–H and O–H groups in total. The zero-order valence-electron chi connectivity index (χ0n) is 15.5. The Morgan fingerprint density at radius 1 is 0.957 bits per heavy atom. The van der Waals surface area contributed by atoms with Gasteiger partial charge in [-0.1, -0.05) is 83.2 Å². The van der Waals surface area contributed by atoms with Crippen LogP contribution in [0.15, 0.2) is 30.3 Å². The van der Waals surface area contributed by atoms with Crippen LogP contribution in [0.5, 0.6) is 0 Å². The van der Waals surface area contributed by atoms with Gasteiger partial charge in [-0.2, -0.15) is 0 Å². The highest BCUT2D eigenvalue weighted by molar-refractivity contribution is 5.17. The third kappa shape index (κ3) is 7.08. The number of rotatable bonds is 9. The minimum atomic E-state index is 0.336. The Morgan fingerprint density at radius 2 is 1.70 bits per heavy atom. The molecule has 1 saturated heterocycles. The van der Waals surface area contributed by atoms with E-state index < -0.39 is 0 Å². The van der Waals surface area contributed by atoms with Crippen LogP contribution in [0.2, 0.25) is 0 Å². The molecule has 0 saturated carbocycles. The normalized spacial score (nSPS) is 23.1. The molecular weight excluding hydrogens is 280 g/mol. The molecule has 3 atom stereocenters. The maximum Gasteiger partial charge on any atom is 0.0825 e. The average Bonchev–Trinajstić information content (AvgIpc) is 2.56. The molecule has 2 rings (SSSR count). The molecule has 0 spiro atoms. The summed E-state index contributed by atoms with van der Waals surface area (Å²) < 4.78 is 6.13. The summed E-state index contributed by atoms with van der Waals surface area (Å²) in [5, 5.41) is 0. The minimum Gasteiger partial charge on any atom is -0.373 e. The number of ether oxygens (including phenoxy) is 1. The first-order chi connectivity index (χ1) is 11.1. The van der Waals surface area contributed by atoms with E-state index >= 15 is 0 Å². The van der Waals surface area contributed by atoms with Gasteiger partial charge in [0, 0.05) is 0 Å². The maximum absolute atomic E-state index is 6.13. The molecule has 1 heteroatoms. The van der Waals surface area contributed by atoms with Gasteiger partial charge in [0.15, 0.2) is 0 Å². The SMILES string of the molecule is CC(C)CCCC(C)CCCC1CCC(c2ccccc2)OC1. The van der Waals surface area contributed by atoms with Gasteiger partial charge in [-0.15, -0.1) is 0 Å². The summed E-state index contributed by atoms with van der Waals surface area (Å²) in [4.78, 5) is 0. The molecule has 1 aromatic rings. The molecule has 0 radical (unpaired) electrons. The monoisotopic (exact) mass is 316 g/mol. The zero-order valence-corrected chi connectivity index (χ0v) is 15.5. The van der Waals surface area contributed by atoms with Gasteiger partial charge in [-0.25, -0.2) is 0 Å². The van der Waals surface area contributed by atoms with E-state index in [9.17, 15) is 0 Å². The standard InChI is InChI=1S/C22H36O/c1-18(2)9-7-10-19(3)11-8-12-20-15-16-22(23-17-20)21-13-5-4-6-14-21/h4-6,13-14,18-20,22H,7-12,15-17H2,1-3H3. The molecule has 1 aromatic carbocycles. The predicted molar refractivity (Wildman–Crippen MR) is 99.6 cm³/mol. The van der Waals surface area contributed by atoms with Gasteiger partial charge in [0.2, 0.25) is 0 Å². The van der Waals surface area contributed by atoms with Crippen LogP contribution >= 0.6 is 0 Å². The highest BCUT2D eigenvalue weighted by Crippen LogP contribution is 2.32. The molecule has 0 amide bonds. The van der Waals surface area contributed by atoms with Gasteiger partial charge >= 0.3 is 0 Å². The molecule has 1 aliphatic rings. The second-order valence-corrected chi connectivity index (χ2v) is 8.04. The Balaban J connectivity index is 1.56. The number of hydrogen-bond acceptors (Lipinski definition) is 1. The fourth-order valence-electron chi connectivity index (χ4n) is 3.74. The van der Waals surface area contributed by atoms with E-state index in [0.29, 0.717) is 6.10 Å². The van der Waals surface area contributed by atoms with Crippen LogP contribution in [-0.4, -0.2) is 6.61 Å². The summed E-state index contributed by atoms with van der Waals surface area (Å²) in [6.45, 7) is 8.05. The smallest absolute Gasteiger partial charge is 0.0825 e. The van der Waals surface area contributed by atoms with E-state index in [1.165, 1.54) is 56.9 Å². The van der Waals surface area contributed by atoms with Crippen molar-refractivity contribution >= 4 is 0 Å². The van der Waals surface area contributed by atoms with Crippen LogP contribution < -0.4 is 0 Å². The van der Waals surface area contributed by atoms with Crippen molar-refractivity contribution in [2.45, 2.75) is 78.2 Å². The summed E-state index contributed by atoms with van der Waals surface area (Å²) >= 11 is 0. The van der Waals surface area contributed by atoms with E-state index in [4.69, 9.17) is 4.74 Å². The molecule has 1 nitrogen and oxygen atoms in total.